The van der Waals surface area contributed by atoms with E-state index in [4.69, 9.17) is 20.9 Å². The topological polar surface area (TPSA) is 108 Å². The maximum Gasteiger partial charge on any atom is 0.270 e. The molecular weight excluding hydrogens is 382 g/mol. The monoisotopic (exact) mass is 395 g/mol. The molecule has 0 atom stereocenters. The number of hydrogen-bond acceptors (Lipinski definition) is 6. The van der Waals surface area contributed by atoms with Crippen molar-refractivity contribution in [1.29, 1.82) is 5.26 Å². The maximum absolute atomic E-state index is 12.4. The SMILES string of the molecule is Cc1oncc1C(O)=C(C#N)C(=O)Nc1ccc(Oc2ccc(Cl)cc2)cc1. The molecule has 0 aliphatic carbocycles. The summed E-state index contributed by atoms with van der Waals surface area (Å²) in [5.41, 5.74) is 0.155. The van der Waals surface area contributed by atoms with E-state index in [1.54, 1.807) is 61.5 Å². The number of aromatic nitrogens is 1. The van der Waals surface area contributed by atoms with Gasteiger partial charge in [0, 0.05) is 10.7 Å². The van der Waals surface area contributed by atoms with Gasteiger partial charge in [-0.1, -0.05) is 16.8 Å². The number of nitrogens with one attached hydrogen (secondary N) is 1. The van der Waals surface area contributed by atoms with Crippen molar-refractivity contribution in [3.8, 4) is 17.6 Å². The molecule has 0 spiro atoms. The van der Waals surface area contributed by atoms with E-state index in [-0.39, 0.29) is 5.56 Å². The molecule has 2 aromatic carbocycles. The van der Waals surface area contributed by atoms with Crippen molar-refractivity contribution in [2.24, 2.45) is 0 Å². The molecule has 0 aliphatic rings. The Labute approximate surface area is 165 Å². The van der Waals surface area contributed by atoms with Gasteiger partial charge in [0.15, 0.2) is 11.3 Å². The van der Waals surface area contributed by atoms with Crippen LogP contribution in [-0.4, -0.2) is 16.2 Å². The summed E-state index contributed by atoms with van der Waals surface area (Å²) < 4.78 is 10.5. The molecule has 0 aliphatic heterocycles. The molecule has 7 nitrogen and oxygen atoms in total. The van der Waals surface area contributed by atoms with Crippen molar-refractivity contribution in [3.63, 3.8) is 0 Å². The fourth-order valence-corrected chi connectivity index (χ4v) is 2.44. The van der Waals surface area contributed by atoms with Crippen LogP contribution in [0.4, 0.5) is 5.69 Å². The first kappa shape index (κ1) is 19.0. The Kier molecular flexibility index (Phi) is 5.63. The van der Waals surface area contributed by atoms with Crippen LogP contribution in [0.2, 0.25) is 5.02 Å². The zero-order valence-electron chi connectivity index (χ0n) is 14.6. The summed E-state index contributed by atoms with van der Waals surface area (Å²) in [6, 6.07) is 15.1. The van der Waals surface area contributed by atoms with Crippen LogP contribution in [0.1, 0.15) is 11.3 Å². The molecule has 1 aromatic heterocycles. The van der Waals surface area contributed by atoms with Gasteiger partial charge in [0.05, 0.1) is 11.8 Å². The Bertz CT molecular complexity index is 1060. The van der Waals surface area contributed by atoms with Crippen molar-refractivity contribution >= 4 is 29.0 Å². The number of ether oxygens (including phenoxy) is 1. The number of halogens is 1. The largest absolute Gasteiger partial charge is 0.506 e. The number of anilines is 1. The van der Waals surface area contributed by atoms with E-state index in [1.807, 2.05) is 0 Å². The Hall–Kier alpha value is -3.76. The van der Waals surface area contributed by atoms with E-state index < -0.39 is 17.2 Å². The lowest BCUT2D eigenvalue weighted by atomic mass is 10.1. The van der Waals surface area contributed by atoms with E-state index >= 15 is 0 Å². The van der Waals surface area contributed by atoms with Crippen LogP contribution in [-0.2, 0) is 4.79 Å². The third kappa shape index (κ3) is 4.31. The number of benzene rings is 2. The van der Waals surface area contributed by atoms with Gasteiger partial charge in [-0.05, 0) is 55.5 Å². The number of amides is 1. The Morgan fingerprint density at radius 2 is 1.79 bits per heavy atom. The Morgan fingerprint density at radius 3 is 2.32 bits per heavy atom. The summed E-state index contributed by atoms with van der Waals surface area (Å²) in [6.45, 7) is 1.56. The minimum atomic E-state index is -0.757. The summed E-state index contributed by atoms with van der Waals surface area (Å²) in [7, 11) is 0. The standard InChI is InChI=1S/C20H14ClN3O4/c1-12-18(11-23-28-12)19(25)17(10-22)20(26)24-14-4-8-16(9-5-14)27-15-6-2-13(21)3-7-15/h2-9,11,25H,1H3,(H,24,26). The Morgan fingerprint density at radius 1 is 1.18 bits per heavy atom. The maximum atomic E-state index is 12.4. The highest BCUT2D eigenvalue weighted by Gasteiger charge is 2.20. The van der Waals surface area contributed by atoms with Crippen molar-refractivity contribution < 1.29 is 19.2 Å². The number of rotatable bonds is 5. The number of nitriles is 1. The number of nitrogens with zero attached hydrogens (tertiary/aromatic N) is 2. The third-order valence-electron chi connectivity index (χ3n) is 3.74. The highest BCUT2D eigenvalue weighted by Crippen LogP contribution is 2.25. The van der Waals surface area contributed by atoms with Crippen LogP contribution >= 0.6 is 11.6 Å². The normalized spacial score (nSPS) is 11.3. The molecule has 0 saturated carbocycles. The van der Waals surface area contributed by atoms with Crippen LogP contribution < -0.4 is 10.1 Å². The molecule has 3 aromatic rings. The van der Waals surface area contributed by atoms with Gasteiger partial charge in [-0.2, -0.15) is 5.26 Å². The van der Waals surface area contributed by atoms with E-state index in [1.165, 1.54) is 6.20 Å². The van der Waals surface area contributed by atoms with E-state index in [9.17, 15) is 15.2 Å². The minimum Gasteiger partial charge on any atom is -0.506 e. The molecule has 0 fully saturated rings. The van der Waals surface area contributed by atoms with Gasteiger partial charge in [0.25, 0.3) is 5.91 Å². The molecule has 1 heterocycles. The molecule has 1 amide bonds. The number of hydrogen-bond donors (Lipinski definition) is 2. The van der Waals surface area contributed by atoms with Gasteiger partial charge < -0.3 is 19.7 Å². The summed E-state index contributed by atoms with van der Waals surface area (Å²) in [4.78, 5) is 12.4. The number of carbonyl (C=O) groups is 1. The first-order valence-electron chi connectivity index (χ1n) is 8.07. The second-order valence-corrected chi connectivity index (χ2v) is 6.10. The summed E-state index contributed by atoms with van der Waals surface area (Å²) >= 11 is 5.84. The van der Waals surface area contributed by atoms with Gasteiger partial charge >= 0.3 is 0 Å². The predicted octanol–water partition coefficient (Wildman–Crippen LogP) is 4.86. The third-order valence-corrected chi connectivity index (χ3v) is 4.00. The fraction of sp³-hybridized carbons (Fsp3) is 0.0500. The Balaban J connectivity index is 1.72. The van der Waals surface area contributed by atoms with Crippen molar-refractivity contribution in [1.82, 2.24) is 5.16 Å². The average molecular weight is 396 g/mol. The molecule has 8 heteroatoms. The van der Waals surface area contributed by atoms with Crippen molar-refractivity contribution in [2.75, 3.05) is 5.32 Å². The first-order valence-corrected chi connectivity index (χ1v) is 8.45. The minimum absolute atomic E-state index is 0.179. The van der Waals surface area contributed by atoms with Crippen LogP contribution in [0.25, 0.3) is 5.76 Å². The van der Waals surface area contributed by atoms with Crippen molar-refractivity contribution in [2.45, 2.75) is 6.92 Å². The smallest absolute Gasteiger partial charge is 0.270 e. The molecule has 0 unspecified atom stereocenters. The van der Waals surface area contributed by atoms with E-state index in [2.05, 4.69) is 10.5 Å². The fourth-order valence-electron chi connectivity index (χ4n) is 2.31. The molecule has 28 heavy (non-hydrogen) atoms. The van der Waals surface area contributed by atoms with Gasteiger partial charge in [0.2, 0.25) is 0 Å². The van der Waals surface area contributed by atoms with Gasteiger partial charge in [-0.15, -0.1) is 0 Å². The summed E-state index contributed by atoms with van der Waals surface area (Å²) in [6.07, 6.45) is 1.23. The molecule has 2 N–H and O–H groups in total. The highest BCUT2D eigenvalue weighted by atomic mass is 35.5. The zero-order chi connectivity index (χ0) is 20.1. The molecule has 3 rings (SSSR count). The lowest BCUT2D eigenvalue weighted by Crippen LogP contribution is -2.15. The van der Waals surface area contributed by atoms with Gasteiger partial charge in [-0.3, -0.25) is 4.79 Å². The molecule has 0 saturated heterocycles. The van der Waals surface area contributed by atoms with Crippen molar-refractivity contribution in [3.05, 3.63) is 76.6 Å². The molecular formula is C20H14ClN3O4. The number of aliphatic hydroxyl groups is 1. The van der Waals surface area contributed by atoms with E-state index in [0.29, 0.717) is 28.0 Å². The average Bonchev–Trinajstić information content (AvgIpc) is 3.11. The molecule has 0 bridgehead atoms. The van der Waals surface area contributed by atoms with Crippen LogP contribution in [0.15, 0.2) is 64.8 Å². The highest BCUT2D eigenvalue weighted by molar-refractivity contribution is 6.30. The summed E-state index contributed by atoms with van der Waals surface area (Å²) in [5.74, 6) is 0.208. The zero-order valence-corrected chi connectivity index (χ0v) is 15.4. The summed E-state index contributed by atoms with van der Waals surface area (Å²) in [5, 5.41) is 26.1. The second-order valence-electron chi connectivity index (χ2n) is 5.67. The van der Waals surface area contributed by atoms with Gasteiger partial charge in [0.1, 0.15) is 23.3 Å². The van der Waals surface area contributed by atoms with Gasteiger partial charge in [-0.25, -0.2) is 0 Å². The number of carbonyl (C=O) groups excluding carboxylic acids is 1. The first-order chi connectivity index (χ1) is 13.5. The van der Waals surface area contributed by atoms with Crippen LogP contribution in [0, 0.1) is 18.3 Å². The van der Waals surface area contributed by atoms with E-state index in [0.717, 1.165) is 0 Å². The quantitative estimate of drug-likeness (QED) is 0.363. The molecule has 140 valence electrons. The lowest BCUT2D eigenvalue weighted by Gasteiger charge is -2.08. The number of aryl methyl sites for hydroxylation is 1. The lowest BCUT2D eigenvalue weighted by molar-refractivity contribution is -0.112. The number of aliphatic hydroxyl groups excluding tert-OH is 1. The van der Waals surface area contributed by atoms with Crippen LogP contribution in [0.3, 0.4) is 0 Å². The molecule has 0 radical (unpaired) electrons. The van der Waals surface area contributed by atoms with Crippen LogP contribution in [0.5, 0.6) is 11.5 Å². The second kappa shape index (κ2) is 8.29. The predicted molar refractivity (Wildman–Crippen MR) is 103 cm³/mol.